The fourth-order valence-electron chi connectivity index (χ4n) is 4.04. The summed E-state index contributed by atoms with van der Waals surface area (Å²) in [5, 5.41) is 19.6. The monoisotopic (exact) mass is 307 g/mol. The average Bonchev–Trinajstić information content (AvgIpc) is 2.92. The van der Waals surface area contributed by atoms with Crippen molar-refractivity contribution < 1.29 is 10.2 Å². The van der Waals surface area contributed by atoms with Crippen LogP contribution in [0.25, 0.3) is 0 Å². The number of allylic oxidation sites excluding steroid dienone is 2. The molecule has 2 aliphatic carbocycles. The van der Waals surface area contributed by atoms with Crippen molar-refractivity contribution >= 4 is 0 Å². The molecule has 0 spiro atoms. The number of hydrogen-bond acceptors (Lipinski definition) is 3. The Labute approximate surface area is 135 Å². The predicted molar refractivity (Wildman–Crippen MR) is 91.6 cm³/mol. The van der Waals surface area contributed by atoms with Gasteiger partial charge in [0.1, 0.15) is 0 Å². The Kier molecular flexibility index (Phi) is 6.66. The third-order valence-electron chi connectivity index (χ3n) is 5.17. The van der Waals surface area contributed by atoms with Crippen LogP contribution in [0.1, 0.15) is 45.4 Å². The van der Waals surface area contributed by atoms with E-state index in [1.807, 2.05) is 12.2 Å². The lowest BCUT2D eigenvalue weighted by Crippen LogP contribution is -2.17. The van der Waals surface area contributed by atoms with Gasteiger partial charge in [0.2, 0.25) is 0 Å². The Bertz CT molecular complexity index is 400. The second kappa shape index (κ2) is 8.28. The molecule has 0 heterocycles. The molecule has 3 nitrogen and oxygen atoms in total. The third-order valence-corrected chi connectivity index (χ3v) is 5.17. The lowest BCUT2D eigenvalue weighted by Gasteiger charge is -2.18. The van der Waals surface area contributed by atoms with E-state index in [0.717, 1.165) is 12.8 Å². The summed E-state index contributed by atoms with van der Waals surface area (Å²) in [6.45, 7) is 2.95. The Morgan fingerprint density at radius 3 is 2.77 bits per heavy atom. The van der Waals surface area contributed by atoms with Gasteiger partial charge in [-0.25, -0.2) is 0 Å². The highest BCUT2D eigenvalue weighted by atomic mass is 16.3. The first-order chi connectivity index (χ1) is 10.5. The van der Waals surface area contributed by atoms with E-state index in [9.17, 15) is 10.2 Å². The van der Waals surface area contributed by atoms with E-state index < -0.39 is 6.10 Å². The Balaban J connectivity index is 1.76. The molecule has 0 aromatic carbocycles. The van der Waals surface area contributed by atoms with Crippen molar-refractivity contribution in [1.82, 2.24) is 4.90 Å². The molecule has 0 amide bonds. The van der Waals surface area contributed by atoms with Crippen LogP contribution >= 0.6 is 0 Å². The van der Waals surface area contributed by atoms with E-state index in [0.29, 0.717) is 11.8 Å². The summed E-state index contributed by atoms with van der Waals surface area (Å²) in [7, 11) is 4.26. The zero-order valence-electron chi connectivity index (χ0n) is 14.4. The van der Waals surface area contributed by atoms with E-state index in [-0.39, 0.29) is 12.0 Å². The fourth-order valence-corrected chi connectivity index (χ4v) is 4.04. The normalized spacial score (nSPS) is 32.7. The highest BCUT2D eigenvalue weighted by Crippen LogP contribution is 2.48. The number of fused-ring (bicyclic) bond motifs is 1. The summed E-state index contributed by atoms with van der Waals surface area (Å²) < 4.78 is 0. The molecule has 0 aromatic rings. The molecule has 0 bridgehead atoms. The Morgan fingerprint density at radius 1 is 1.32 bits per heavy atom. The van der Waals surface area contributed by atoms with Gasteiger partial charge in [-0.2, -0.15) is 0 Å². The van der Waals surface area contributed by atoms with Gasteiger partial charge in [-0.3, -0.25) is 0 Å². The molecule has 0 aromatic heterocycles. The zero-order chi connectivity index (χ0) is 16.1. The highest BCUT2D eigenvalue weighted by Gasteiger charge is 2.43. The lowest BCUT2D eigenvalue weighted by molar-refractivity contribution is 0.140. The fraction of sp³-hybridized carbons (Fsp3) is 0.789. The first-order valence-corrected chi connectivity index (χ1v) is 8.86. The van der Waals surface area contributed by atoms with E-state index in [2.05, 4.69) is 25.1 Å². The molecular formula is C19H33NO2. The minimum Gasteiger partial charge on any atom is -0.392 e. The maximum absolute atomic E-state index is 10.2. The predicted octanol–water partition coefficient (Wildman–Crippen LogP) is 2.99. The van der Waals surface area contributed by atoms with Gasteiger partial charge >= 0.3 is 0 Å². The number of hydrogen-bond donors (Lipinski definition) is 2. The van der Waals surface area contributed by atoms with E-state index >= 15 is 0 Å². The molecular weight excluding hydrogens is 274 g/mol. The standard InChI is InChI=1S/C19H33NO2/c1-14(21)8-9-17-18-12-15(11-16(18)13-19(17)22)7-5-4-6-10-20(2)3/h8-9,11,14,16-19,21-22H,4-7,10,12-13H2,1-3H3/t14-,16+,17-,18+,19-/m1/s1. The van der Waals surface area contributed by atoms with Crippen LogP contribution in [-0.4, -0.2) is 48.0 Å². The number of aliphatic hydroxyl groups excluding tert-OH is 2. The summed E-state index contributed by atoms with van der Waals surface area (Å²) >= 11 is 0. The molecule has 0 saturated heterocycles. The molecule has 2 N–H and O–H groups in total. The second-order valence-electron chi connectivity index (χ2n) is 7.48. The van der Waals surface area contributed by atoms with Crippen molar-refractivity contribution in [2.24, 2.45) is 17.8 Å². The largest absolute Gasteiger partial charge is 0.392 e. The molecule has 0 aliphatic heterocycles. The molecule has 1 fully saturated rings. The average molecular weight is 307 g/mol. The number of unbranched alkanes of at least 4 members (excludes halogenated alkanes) is 2. The SMILES string of the molecule is C[C@@H](O)C=C[C@@H]1[C@H]2CC(CCCCCN(C)C)=C[C@H]2C[C@H]1O. The quantitative estimate of drug-likeness (QED) is 0.535. The minimum atomic E-state index is -0.420. The third kappa shape index (κ3) is 4.94. The number of rotatable bonds is 8. The van der Waals surface area contributed by atoms with Crippen LogP contribution in [0.15, 0.2) is 23.8 Å². The van der Waals surface area contributed by atoms with Gasteiger partial charge in [-0.05, 0) is 71.5 Å². The Morgan fingerprint density at radius 2 is 2.09 bits per heavy atom. The smallest absolute Gasteiger partial charge is 0.0692 e. The molecule has 0 unspecified atom stereocenters. The van der Waals surface area contributed by atoms with Gasteiger partial charge in [0.05, 0.1) is 12.2 Å². The molecule has 126 valence electrons. The van der Waals surface area contributed by atoms with Crippen LogP contribution in [0.4, 0.5) is 0 Å². The number of aliphatic hydroxyl groups is 2. The number of nitrogens with zero attached hydrogens (tertiary/aromatic N) is 1. The topological polar surface area (TPSA) is 43.7 Å². The molecule has 2 aliphatic rings. The van der Waals surface area contributed by atoms with Crippen molar-refractivity contribution in [2.45, 2.75) is 57.7 Å². The summed E-state index contributed by atoms with van der Waals surface area (Å²) in [6.07, 6.45) is 12.8. The van der Waals surface area contributed by atoms with Gasteiger partial charge in [0.15, 0.2) is 0 Å². The van der Waals surface area contributed by atoms with Crippen LogP contribution in [0.5, 0.6) is 0 Å². The van der Waals surface area contributed by atoms with E-state index in [4.69, 9.17) is 0 Å². The van der Waals surface area contributed by atoms with Crippen LogP contribution in [0, 0.1) is 17.8 Å². The summed E-state index contributed by atoms with van der Waals surface area (Å²) in [6, 6.07) is 0. The van der Waals surface area contributed by atoms with Crippen molar-refractivity contribution in [3.63, 3.8) is 0 Å². The van der Waals surface area contributed by atoms with Gasteiger partial charge in [-0.1, -0.05) is 30.2 Å². The summed E-state index contributed by atoms with van der Waals surface area (Å²) in [5.41, 5.74) is 1.60. The van der Waals surface area contributed by atoms with Crippen molar-refractivity contribution in [3.05, 3.63) is 23.8 Å². The second-order valence-corrected chi connectivity index (χ2v) is 7.48. The molecule has 22 heavy (non-hydrogen) atoms. The van der Waals surface area contributed by atoms with Gasteiger partial charge < -0.3 is 15.1 Å². The van der Waals surface area contributed by atoms with Gasteiger partial charge in [0.25, 0.3) is 0 Å². The minimum absolute atomic E-state index is 0.224. The van der Waals surface area contributed by atoms with Crippen LogP contribution in [0.3, 0.4) is 0 Å². The molecule has 1 saturated carbocycles. The highest BCUT2D eigenvalue weighted by molar-refractivity contribution is 5.20. The van der Waals surface area contributed by atoms with Crippen molar-refractivity contribution in [3.8, 4) is 0 Å². The van der Waals surface area contributed by atoms with Gasteiger partial charge in [0, 0.05) is 5.92 Å². The first kappa shape index (κ1) is 17.7. The van der Waals surface area contributed by atoms with Crippen LogP contribution in [0.2, 0.25) is 0 Å². The summed E-state index contributed by atoms with van der Waals surface area (Å²) in [5.74, 6) is 1.33. The molecule has 2 rings (SSSR count). The van der Waals surface area contributed by atoms with Crippen LogP contribution < -0.4 is 0 Å². The van der Waals surface area contributed by atoms with Crippen molar-refractivity contribution in [2.75, 3.05) is 20.6 Å². The first-order valence-electron chi connectivity index (χ1n) is 8.86. The summed E-state index contributed by atoms with van der Waals surface area (Å²) in [4.78, 5) is 2.25. The molecule has 3 heteroatoms. The maximum atomic E-state index is 10.2. The van der Waals surface area contributed by atoms with E-state index in [1.54, 1.807) is 12.5 Å². The molecule has 0 radical (unpaired) electrons. The van der Waals surface area contributed by atoms with Gasteiger partial charge in [-0.15, -0.1) is 0 Å². The van der Waals surface area contributed by atoms with E-state index in [1.165, 1.54) is 32.2 Å². The lowest BCUT2D eigenvalue weighted by atomic mass is 9.88. The Hall–Kier alpha value is -0.640. The molecule has 5 atom stereocenters. The van der Waals surface area contributed by atoms with Crippen LogP contribution in [-0.2, 0) is 0 Å². The van der Waals surface area contributed by atoms with Crippen molar-refractivity contribution in [1.29, 1.82) is 0 Å². The maximum Gasteiger partial charge on any atom is 0.0692 e. The zero-order valence-corrected chi connectivity index (χ0v) is 14.4.